The summed E-state index contributed by atoms with van der Waals surface area (Å²) in [7, 11) is 1.71. The van der Waals surface area contributed by atoms with Gasteiger partial charge in [0.2, 0.25) is 0 Å². The molecule has 0 bridgehead atoms. The first-order valence-corrected chi connectivity index (χ1v) is 8.01. The van der Waals surface area contributed by atoms with Crippen LogP contribution in [0.15, 0.2) is 42.6 Å². The zero-order valence-corrected chi connectivity index (χ0v) is 13.2. The second kappa shape index (κ2) is 6.01. The van der Waals surface area contributed by atoms with Crippen LogP contribution in [0.25, 0.3) is 11.2 Å². The van der Waals surface area contributed by atoms with Crippen molar-refractivity contribution in [3.05, 3.63) is 54.0 Å². The van der Waals surface area contributed by atoms with Gasteiger partial charge >= 0.3 is 0 Å². The average Bonchev–Trinajstić information content (AvgIpc) is 3.22. The molecule has 1 unspecified atom stereocenters. The quantitative estimate of drug-likeness (QED) is 0.805. The number of para-hydroxylation sites is 1. The summed E-state index contributed by atoms with van der Waals surface area (Å²) in [6, 6.07) is 12.5. The van der Waals surface area contributed by atoms with Crippen molar-refractivity contribution in [3.8, 4) is 5.75 Å². The molecule has 1 aliphatic heterocycles. The fourth-order valence-electron chi connectivity index (χ4n) is 3.36. The minimum atomic E-state index is 0.416. The van der Waals surface area contributed by atoms with E-state index in [0.29, 0.717) is 6.04 Å². The zero-order chi connectivity index (χ0) is 15.6. The molecule has 0 radical (unpaired) electrons. The highest BCUT2D eigenvalue weighted by molar-refractivity contribution is 5.71. The molecule has 3 heterocycles. The molecule has 1 atom stereocenters. The van der Waals surface area contributed by atoms with E-state index in [2.05, 4.69) is 20.9 Å². The first-order valence-electron chi connectivity index (χ1n) is 8.01. The first-order chi connectivity index (χ1) is 11.4. The van der Waals surface area contributed by atoms with Crippen molar-refractivity contribution in [2.45, 2.75) is 18.9 Å². The zero-order valence-electron chi connectivity index (χ0n) is 13.2. The van der Waals surface area contributed by atoms with Crippen LogP contribution in [0.4, 0.5) is 0 Å². The largest absolute Gasteiger partial charge is 0.496 e. The summed E-state index contributed by atoms with van der Waals surface area (Å²) in [5.41, 5.74) is 3.09. The normalized spacial score (nSPS) is 17.7. The predicted octanol–water partition coefficient (Wildman–Crippen LogP) is 2.57. The Morgan fingerprint density at radius 3 is 3.00 bits per heavy atom. The molecule has 1 fully saturated rings. The summed E-state index contributed by atoms with van der Waals surface area (Å²) < 4.78 is 7.80. The van der Waals surface area contributed by atoms with E-state index >= 15 is 0 Å². The van der Waals surface area contributed by atoms with Gasteiger partial charge in [-0.15, -0.1) is 0 Å². The van der Waals surface area contributed by atoms with Crippen molar-refractivity contribution in [1.29, 1.82) is 0 Å². The van der Waals surface area contributed by atoms with Gasteiger partial charge < -0.3 is 14.6 Å². The van der Waals surface area contributed by atoms with Crippen LogP contribution in [-0.2, 0) is 6.42 Å². The lowest BCUT2D eigenvalue weighted by molar-refractivity contribution is 0.409. The van der Waals surface area contributed by atoms with E-state index in [9.17, 15) is 0 Å². The van der Waals surface area contributed by atoms with Crippen LogP contribution in [0.1, 0.15) is 23.9 Å². The van der Waals surface area contributed by atoms with Crippen LogP contribution < -0.4 is 10.1 Å². The molecule has 5 nitrogen and oxygen atoms in total. The Kier molecular flexibility index (Phi) is 3.71. The Morgan fingerprint density at radius 2 is 2.17 bits per heavy atom. The molecule has 3 aromatic rings. The number of hydrogen-bond acceptors (Lipinski definition) is 4. The molecule has 1 saturated heterocycles. The van der Waals surface area contributed by atoms with Crippen LogP contribution in [0.3, 0.4) is 0 Å². The molecule has 4 rings (SSSR count). The van der Waals surface area contributed by atoms with Crippen molar-refractivity contribution in [2.75, 3.05) is 20.2 Å². The molecule has 5 heteroatoms. The molecule has 0 spiro atoms. The standard InChI is InChI=1S/C18H20N4O/c1-23-16-7-3-2-5-13(16)11-17-21-15-6-4-9-20-18(15)22(17)14-8-10-19-12-14/h2-7,9,14,19H,8,10-12H2,1H3. The Bertz CT molecular complexity index is 821. The van der Waals surface area contributed by atoms with Gasteiger partial charge in [-0.2, -0.15) is 0 Å². The van der Waals surface area contributed by atoms with Gasteiger partial charge in [-0.1, -0.05) is 18.2 Å². The molecule has 2 aromatic heterocycles. The number of rotatable bonds is 4. The van der Waals surface area contributed by atoms with Gasteiger partial charge in [-0.3, -0.25) is 0 Å². The van der Waals surface area contributed by atoms with Crippen LogP contribution in [-0.4, -0.2) is 34.7 Å². The summed E-state index contributed by atoms with van der Waals surface area (Å²) in [4.78, 5) is 9.42. The van der Waals surface area contributed by atoms with Crippen LogP contribution in [0.2, 0.25) is 0 Å². The summed E-state index contributed by atoms with van der Waals surface area (Å²) in [5.74, 6) is 1.96. The monoisotopic (exact) mass is 308 g/mol. The van der Waals surface area contributed by atoms with Gasteiger partial charge in [0.25, 0.3) is 0 Å². The molecule has 0 saturated carbocycles. The lowest BCUT2D eigenvalue weighted by Crippen LogP contribution is -2.16. The van der Waals surface area contributed by atoms with Gasteiger partial charge in [0.15, 0.2) is 5.65 Å². The maximum atomic E-state index is 5.49. The lowest BCUT2D eigenvalue weighted by Gasteiger charge is -2.16. The summed E-state index contributed by atoms with van der Waals surface area (Å²) >= 11 is 0. The second-order valence-corrected chi connectivity index (χ2v) is 5.88. The molecule has 0 amide bonds. The Morgan fingerprint density at radius 1 is 1.26 bits per heavy atom. The van der Waals surface area contributed by atoms with Gasteiger partial charge in [-0.25, -0.2) is 9.97 Å². The van der Waals surface area contributed by atoms with Crippen molar-refractivity contribution in [1.82, 2.24) is 19.9 Å². The molecule has 1 aliphatic rings. The van der Waals surface area contributed by atoms with Gasteiger partial charge in [0.1, 0.15) is 17.1 Å². The first kappa shape index (κ1) is 14.2. The highest BCUT2D eigenvalue weighted by Crippen LogP contribution is 2.27. The number of nitrogens with one attached hydrogen (secondary N) is 1. The third kappa shape index (κ3) is 2.57. The Hall–Kier alpha value is -2.40. The number of nitrogens with zero attached hydrogens (tertiary/aromatic N) is 3. The SMILES string of the molecule is COc1ccccc1Cc1nc2cccnc2n1C1CCNC1. The fraction of sp³-hybridized carbons (Fsp3) is 0.333. The van der Waals surface area contributed by atoms with Crippen molar-refractivity contribution in [2.24, 2.45) is 0 Å². The van der Waals surface area contributed by atoms with Gasteiger partial charge in [0, 0.05) is 24.7 Å². The number of methoxy groups -OCH3 is 1. The van der Waals surface area contributed by atoms with E-state index in [4.69, 9.17) is 9.72 Å². The predicted molar refractivity (Wildman–Crippen MR) is 89.9 cm³/mol. The number of aromatic nitrogens is 3. The molecule has 118 valence electrons. The number of pyridine rings is 1. The van der Waals surface area contributed by atoms with Crippen LogP contribution in [0.5, 0.6) is 5.75 Å². The van der Waals surface area contributed by atoms with E-state index in [1.807, 2.05) is 36.5 Å². The number of imidazole rings is 1. The minimum Gasteiger partial charge on any atom is -0.496 e. The Labute approximate surface area is 135 Å². The molecular weight excluding hydrogens is 288 g/mol. The number of hydrogen-bond donors (Lipinski definition) is 1. The highest BCUT2D eigenvalue weighted by Gasteiger charge is 2.23. The molecule has 23 heavy (non-hydrogen) atoms. The fourth-order valence-corrected chi connectivity index (χ4v) is 3.36. The van der Waals surface area contributed by atoms with Crippen LogP contribution >= 0.6 is 0 Å². The molecular formula is C18H20N4O. The van der Waals surface area contributed by atoms with Crippen molar-refractivity contribution in [3.63, 3.8) is 0 Å². The summed E-state index contributed by atoms with van der Waals surface area (Å²) in [6.07, 6.45) is 3.70. The minimum absolute atomic E-state index is 0.416. The van der Waals surface area contributed by atoms with E-state index in [1.165, 1.54) is 0 Å². The van der Waals surface area contributed by atoms with E-state index in [-0.39, 0.29) is 0 Å². The third-order valence-electron chi connectivity index (χ3n) is 4.46. The maximum Gasteiger partial charge on any atom is 0.160 e. The van der Waals surface area contributed by atoms with E-state index < -0.39 is 0 Å². The van der Waals surface area contributed by atoms with E-state index in [1.54, 1.807) is 7.11 Å². The second-order valence-electron chi connectivity index (χ2n) is 5.88. The molecule has 0 aliphatic carbocycles. The third-order valence-corrected chi connectivity index (χ3v) is 4.46. The number of benzene rings is 1. The lowest BCUT2D eigenvalue weighted by atomic mass is 10.1. The summed E-state index contributed by atoms with van der Waals surface area (Å²) in [5, 5.41) is 3.44. The van der Waals surface area contributed by atoms with Crippen molar-refractivity contribution < 1.29 is 4.74 Å². The summed E-state index contributed by atoms with van der Waals surface area (Å²) in [6.45, 7) is 2.02. The number of ether oxygens (including phenoxy) is 1. The van der Waals surface area contributed by atoms with Gasteiger partial charge in [0.05, 0.1) is 13.2 Å². The number of fused-ring (bicyclic) bond motifs is 1. The molecule has 1 aromatic carbocycles. The smallest absolute Gasteiger partial charge is 0.160 e. The van der Waals surface area contributed by atoms with Crippen molar-refractivity contribution >= 4 is 11.2 Å². The topological polar surface area (TPSA) is 52.0 Å². The maximum absolute atomic E-state index is 5.49. The highest BCUT2D eigenvalue weighted by atomic mass is 16.5. The Balaban J connectivity index is 1.81. The molecule has 1 N–H and O–H groups in total. The van der Waals surface area contributed by atoms with E-state index in [0.717, 1.165) is 54.2 Å². The van der Waals surface area contributed by atoms with Gasteiger partial charge in [-0.05, 0) is 31.2 Å². The van der Waals surface area contributed by atoms with Crippen LogP contribution in [0, 0.1) is 0 Å². The average molecular weight is 308 g/mol.